The van der Waals surface area contributed by atoms with Gasteiger partial charge in [-0.15, -0.1) is 0 Å². The summed E-state index contributed by atoms with van der Waals surface area (Å²) in [4.78, 5) is 32.7. The highest BCUT2D eigenvalue weighted by molar-refractivity contribution is 5.93. The van der Waals surface area contributed by atoms with E-state index in [1.54, 1.807) is 6.07 Å². The van der Waals surface area contributed by atoms with Crippen molar-refractivity contribution >= 4 is 28.7 Å². The van der Waals surface area contributed by atoms with Crippen LogP contribution in [-0.2, 0) is 9.59 Å². The zero-order valence-corrected chi connectivity index (χ0v) is 12.9. The zero-order valence-electron chi connectivity index (χ0n) is 12.9. The lowest BCUT2D eigenvalue weighted by Gasteiger charge is -1.97. The highest BCUT2D eigenvalue weighted by Gasteiger charge is 2.38. The van der Waals surface area contributed by atoms with Gasteiger partial charge >= 0.3 is 24.3 Å². The van der Waals surface area contributed by atoms with Gasteiger partial charge in [0.1, 0.15) is 5.69 Å². The number of aliphatic carboxylic acids is 2. The maximum absolute atomic E-state index is 10.8. The summed E-state index contributed by atoms with van der Waals surface area (Å²) in [6.45, 7) is 0. The monoisotopic (exact) mass is 400 g/mol. The quantitative estimate of drug-likeness (QED) is 0.631. The van der Waals surface area contributed by atoms with Crippen LogP contribution in [0, 0.1) is 0 Å². The number of carboxylic acids is 2. The van der Waals surface area contributed by atoms with Crippen LogP contribution in [0.25, 0.3) is 10.9 Å². The van der Waals surface area contributed by atoms with Gasteiger partial charge < -0.3 is 15.9 Å². The number of nitrogens with zero attached hydrogens (tertiary/aromatic N) is 1. The van der Waals surface area contributed by atoms with Crippen molar-refractivity contribution in [3.8, 4) is 0 Å². The summed E-state index contributed by atoms with van der Waals surface area (Å²) in [5.74, 6) is -6.01. The molecule has 0 saturated carbocycles. The Morgan fingerprint density at radius 3 is 1.59 bits per heavy atom. The third-order valence-electron chi connectivity index (χ3n) is 2.34. The van der Waals surface area contributed by atoms with Crippen LogP contribution in [-0.4, -0.2) is 45.4 Å². The molecule has 13 heteroatoms. The minimum absolute atomic E-state index is 0.304. The van der Waals surface area contributed by atoms with Gasteiger partial charge in [-0.2, -0.15) is 26.3 Å². The topological polar surface area (TPSA) is 131 Å². The first kappa shape index (κ1) is 23.6. The Morgan fingerprint density at radius 2 is 1.22 bits per heavy atom. The standard InChI is InChI=1S/C10H8N2O.2C2HF3O2/c11-10(13)9-6-5-7-3-1-2-4-8(7)12-9;2*3-2(4,5)1(6)7/h1-6H,(H2,11,13);2*(H,6,7). The van der Waals surface area contributed by atoms with E-state index < -0.39 is 30.2 Å². The van der Waals surface area contributed by atoms with E-state index in [0.29, 0.717) is 5.69 Å². The van der Waals surface area contributed by atoms with Crippen molar-refractivity contribution in [2.75, 3.05) is 0 Å². The predicted octanol–water partition coefficient (Wildman–Crippen LogP) is 2.60. The number of carbonyl (C=O) groups excluding carboxylic acids is 1. The van der Waals surface area contributed by atoms with Crippen molar-refractivity contribution in [3.05, 3.63) is 42.1 Å². The van der Waals surface area contributed by atoms with Crippen LogP contribution in [0.4, 0.5) is 26.3 Å². The fraction of sp³-hybridized carbons (Fsp3) is 0.143. The smallest absolute Gasteiger partial charge is 0.475 e. The summed E-state index contributed by atoms with van der Waals surface area (Å²) in [6, 6.07) is 11.1. The average molecular weight is 400 g/mol. The van der Waals surface area contributed by atoms with E-state index in [0.717, 1.165) is 10.9 Å². The van der Waals surface area contributed by atoms with E-state index in [2.05, 4.69) is 4.98 Å². The number of para-hydroxylation sites is 1. The zero-order chi connectivity index (χ0) is 21.4. The minimum Gasteiger partial charge on any atom is -0.475 e. The summed E-state index contributed by atoms with van der Waals surface area (Å²) in [5.41, 5.74) is 6.20. The summed E-state index contributed by atoms with van der Waals surface area (Å²) in [5, 5.41) is 15.3. The molecule has 2 aromatic rings. The molecule has 0 aliphatic carbocycles. The van der Waals surface area contributed by atoms with Gasteiger partial charge in [0.2, 0.25) is 0 Å². The van der Waals surface area contributed by atoms with Crippen LogP contribution < -0.4 is 5.73 Å². The number of alkyl halides is 6. The number of amides is 1. The number of fused-ring (bicyclic) bond motifs is 1. The van der Waals surface area contributed by atoms with Gasteiger partial charge in [-0.05, 0) is 12.1 Å². The van der Waals surface area contributed by atoms with Crippen molar-refractivity contribution < 1.29 is 50.9 Å². The summed E-state index contributed by atoms with van der Waals surface area (Å²) in [7, 11) is 0. The van der Waals surface area contributed by atoms with Crippen LogP contribution in [0.15, 0.2) is 36.4 Å². The maximum Gasteiger partial charge on any atom is 0.490 e. The van der Waals surface area contributed by atoms with E-state index >= 15 is 0 Å². The Labute approximate surface area is 146 Å². The molecule has 27 heavy (non-hydrogen) atoms. The Hall–Kier alpha value is -3.38. The normalized spacial score (nSPS) is 10.7. The fourth-order valence-electron chi connectivity index (χ4n) is 1.20. The highest BCUT2D eigenvalue weighted by atomic mass is 19.4. The van der Waals surface area contributed by atoms with Crippen molar-refractivity contribution in [1.29, 1.82) is 0 Å². The van der Waals surface area contributed by atoms with Gasteiger partial charge in [-0.1, -0.05) is 24.3 Å². The molecule has 0 saturated heterocycles. The van der Waals surface area contributed by atoms with E-state index in [-0.39, 0.29) is 0 Å². The molecule has 0 unspecified atom stereocenters. The number of nitrogens with two attached hydrogens (primary N) is 1. The van der Waals surface area contributed by atoms with Crippen molar-refractivity contribution in [2.24, 2.45) is 5.73 Å². The van der Waals surface area contributed by atoms with Gasteiger partial charge in [0.05, 0.1) is 5.52 Å². The molecule has 148 valence electrons. The molecule has 0 atom stereocenters. The fourth-order valence-corrected chi connectivity index (χ4v) is 1.20. The van der Waals surface area contributed by atoms with Gasteiger partial charge in [0.15, 0.2) is 0 Å². The average Bonchev–Trinajstić information content (AvgIpc) is 2.53. The Morgan fingerprint density at radius 1 is 0.815 bits per heavy atom. The lowest BCUT2D eigenvalue weighted by Crippen LogP contribution is -2.21. The highest BCUT2D eigenvalue weighted by Crippen LogP contribution is 2.14. The van der Waals surface area contributed by atoms with Crippen LogP contribution in [0.1, 0.15) is 10.5 Å². The lowest BCUT2D eigenvalue weighted by atomic mass is 10.2. The van der Waals surface area contributed by atoms with Crippen LogP contribution >= 0.6 is 0 Å². The van der Waals surface area contributed by atoms with Crippen molar-refractivity contribution in [2.45, 2.75) is 12.4 Å². The molecule has 1 heterocycles. The number of carboxylic acid groups (broad SMARTS) is 2. The van der Waals surface area contributed by atoms with E-state index in [4.69, 9.17) is 25.5 Å². The molecule has 1 amide bonds. The first-order chi connectivity index (χ1) is 12.2. The first-order valence-corrected chi connectivity index (χ1v) is 6.42. The second-order valence-electron chi connectivity index (χ2n) is 4.36. The molecule has 0 fully saturated rings. The third kappa shape index (κ3) is 9.04. The second kappa shape index (κ2) is 9.35. The van der Waals surface area contributed by atoms with E-state index in [1.807, 2.05) is 30.3 Å². The third-order valence-corrected chi connectivity index (χ3v) is 2.34. The number of benzene rings is 1. The molecule has 0 bridgehead atoms. The molecule has 1 aromatic carbocycles. The summed E-state index contributed by atoms with van der Waals surface area (Å²) in [6.07, 6.45) is -10.2. The molecule has 0 spiro atoms. The molecule has 2 rings (SSSR count). The summed E-state index contributed by atoms with van der Waals surface area (Å²) < 4.78 is 63.5. The van der Waals surface area contributed by atoms with Gasteiger partial charge in [-0.3, -0.25) is 4.79 Å². The van der Waals surface area contributed by atoms with Gasteiger partial charge in [0, 0.05) is 5.39 Å². The largest absolute Gasteiger partial charge is 0.490 e. The SMILES string of the molecule is NC(=O)c1ccc2ccccc2n1.O=C(O)C(F)(F)F.O=C(O)C(F)(F)F. The number of halogens is 6. The number of carbonyl (C=O) groups is 3. The number of aromatic nitrogens is 1. The van der Waals surface area contributed by atoms with E-state index in [9.17, 15) is 31.1 Å². The predicted molar refractivity (Wildman–Crippen MR) is 77.6 cm³/mol. The van der Waals surface area contributed by atoms with E-state index in [1.165, 1.54) is 0 Å². The molecule has 7 nitrogen and oxygen atoms in total. The van der Waals surface area contributed by atoms with Crippen molar-refractivity contribution in [1.82, 2.24) is 4.98 Å². The molecule has 4 N–H and O–H groups in total. The number of hydrogen-bond acceptors (Lipinski definition) is 4. The Bertz CT molecular complexity index is 795. The molecule has 1 aromatic heterocycles. The molecular formula is C14H10F6N2O5. The van der Waals surface area contributed by atoms with Gasteiger partial charge in [0.25, 0.3) is 5.91 Å². The van der Waals surface area contributed by atoms with Crippen LogP contribution in [0.2, 0.25) is 0 Å². The minimum atomic E-state index is -5.08. The second-order valence-corrected chi connectivity index (χ2v) is 4.36. The molecular weight excluding hydrogens is 390 g/mol. The number of rotatable bonds is 1. The van der Waals surface area contributed by atoms with Crippen LogP contribution in [0.3, 0.4) is 0 Å². The first-order valence-electron chi connectivity index (χ1n) is 6.42. The molecule has 0 aliphatic heterocycles. The number of pyridine rings is 1. The Balaban J connectivity index is 0.000000416. The van der Waals surface area contributed by atoms with Gasteiger partial charge in [-0.25, -0.2) is 14.6 Å². The molecule has 0 radical (unpaired) electrons. The molecule has 0 aliphatic rings. The van der Waals surface area contributed by atoms with Crippen molar-refractivity contribution in [3.63, 3.8) is 0 Å². The summed E-state index contributed by atoms with van der Waals surface area (Å²) >= 11 is 0. The van der Waals surface area contributed by atoms with Crippen LogP contribution in [0.5, 0.6) is 0 Å². The maximum atomic E-state index is 10.8. The number of primary amides is 1. The lowest BCUT2D eigenvalue weighted by molar-refractivity contribution is -0.193. The Kier molecular flexibility index (Phi) is 8.18. The number of hydrogen-bond donors (Lipinski definition) is 3.